The molecule has 0 heterocycles. The number of carbonyl (C=O) groups is 1. The molecule has 0 aliphatic rings. The third-order valence-electron chi connectivity index (χ3n) is 1.96. The third-order valence-corrected chi connectivity index (χ3v) is 2.29. The van der Waals surface area contributed by atoms with Crippen LogP contribution in [-0.2, 0) is 4.79 Å². The molecule has 0 aromatic heterocycles. The van der Waals surface area contributed by atoms with E-state index in [1.807, 2.05) is 0 Å². The fraction of sp³-hybridized carbons (Fsp3) is 0.300. The number of carboxylic acids is 1. The predicted octanol–water partition coefficient (Wildman–Crippen LogP) is 2.38. The molecule has 0 radical (unpaired) electrons. The molecule has 1 aromatic carbocycles. The summed E-state index contributed by atoms with van der Waals surface area (Å²) in [6.07, 6.45) is -1.48. The van der Waals surface area contributed by atoms with Crippen LogP contribution in [-0.4, -0.2) is 16.2 Å². The number of hydrogen-bond acceptors (Lipinski definition) is 2. The summed E-state index contributed by atoms with van der Waals surface area (Å²) >= 11 is 5.69. The summed E-state index contributed by atoms with van der Waals surface area (Å²) in [6, 6.07) is 4.04. The van der Waals surface area contributed by atoms with E-state index in [0.29, 0.717) is 0 Å². The molecule has 0 aliphatic heterocycles. The first-order chi connectivity index (χ1) is 7.02. The van der Waals surface area contributed by atoms with Crippen molar-refractivity contribution in [3.63, 3.8) is 0 Å². The SMILES string of the molecule is O=C(O)CCC(O)c1c(F)cccc1Cl. The second-order valence-corrected chi connectivity index (χ2v) is 3.49. The minimum atomic E-state index is -1.19. The summed E-state index contributed by atoms with van der Waals surface area (Å²) in [6.45, 7) is 0. The third kappa shape index (κ3) is 3.18. The minimum Gasteiger partial charge on any atom is -0.481 e. The number of carboxylic acid groups (broad SMARTS) is 1. The van der Waals surface area contributed by atoms with Crippen molar-refractivity contribution < 1.29 is 19.4 Å². The van der Waals surface area contributed by atoms with Gasteiger partial charge in [0.2, 0.25) is 0 Å². The van der Waals surface area contributed by atoms with Crippen LogP contribution in [0.1, 0.15) is 24.5 Å². The Morgan fingerprint density at radius 3 is 2.73 bits per heavy atom. The summed E-state index contributed by atoms with van der Waals surface area (Å²) < 4.78 is 13.2. The van der Waals surface area contributed by atoms with Gasteiger partial charge in [0.15, 0.2) is 0 Å². The minimum absolute atomic E-state index is 0.0413. The second kappa shape index (κ2) is 5.09. The molecule has 15 heavy (non-hydrogen) atoms. The lowest BCUT2D eigenvalue weighted by molar-refractivity contribution is -0.137. The van der Waals surface area contributed by atoms with Crippen LogP contribution in [0.2, 0.25) is 5.02 Å². The number of hydrogen-bond donors (Lipinski definition) is 2. The van der Waals surface area contributed by atoms with Crippen molar-refractivity contribution in [3.8, 4) is 0 Å². The summed E-state index contributed by atoms with van der Waals surface area (Å²) in [5, 5.41) is 18.1. The molecular weight excluding hydrogens is 223 g/mol. The van der Waals surface area contributed by atoms with E-state index in [4.69, 9.17) is 16.7 Å². The molecule has 5 heteroatoms. The van der Waals surface area contributed by atoms with Crippen LogP contribution in [0.4, 0.5) is 4.39 Å². The van der Waals surface area contributed by atoms with E-state index in [1.165, 1.54) is 18.2 Å². The molecule has 0 amide bonds. The highest BCUT2D eigenvalue weighted by Gasteiger charge is 2.17. The van der Waals surface area contributed by atoms with Crippen molar-refractivity contribution >= 4 is 17.6 Å². The maximum atomic E-state index is 13.2. The topological polar surface area (TPSA) is 57.5 Å². The summed E-state index contributed by atoms with van der Waals surface area (Å²) in [5.41, 5.74) is -0.0413. The van der Waals surface area contributed by atoms with E-state index in [-0.39, 0.29) is 23.4 Å². The lowest BCUT2D eigenvalue weighted by Crippen LogP contribution is -2.05. The van der Waals surface area contributed by atoms with Gasteiger partial charge in [-0.05, 0) is 18.6 Å². The molecule has 0 fully saturated rings. The molecule has 1 aromatic rings. The van der Waals surface area contributed by atoms with Gasteiger partial charge in [0.05, 0.1) is 6.10 Å². The molecule has 0 saturated heterocycles. The Hall–Kier alpha value is -1.13. The standard InChI is InChI=1S/C10H10ClFO3/c11-6-2-1-3-7(12)10(6)8(13)4-5-9(14)15/h1-3,8,13H,4-5H2,(H,14,15). The Bertz CT molecular complexity index is 347. The molecular formula is C10H10ClFO3. The highest BCUT2D eigenvalue weighted by atomic mass is 35.5. The highest BCUT2D eigenvalue weighted by molar-refractivity contribution is 6.31. The quantitative estimate of drug-likeness (QED) is 0.838. The Kier molecular flexibility index (Phi) is 4.05. The molecule has 82 valence electrons. The lowest BCUT2D eigenvalue weighted by atomic mass is 10.0. The zero-order valence-electron chi connectivity index (χ0n) is 7.78. The van der Waals surface area contributed by atoms with Gasteiger partial charge in [0.25, 0.3) is 0 Å². The molecule has 2 N–H and O–H groups in total. The molecule has 1 atom stereocenters. The van der Waals surface area contributed by atoms with E-state index in [0.717, 1.165) is 0 Å². The van der Waals surface area contributed by atoms with E-state index in [1.54, 1.807) is 0 Å². The Balaban J connectivity index is 2.81. The molecule has 3 nitrogen and oxygen atoms in total. The van der Waals surface area contributed by atoms with Crippen LogP contribution in [0.25, 0.3) is 0 Å². The van der Waals surface area contributed by atoms with Crippen LogP contribution in [0.3, 0.4) is 0 Å². The normalized spacial score (nSPS) is 12.5. The van der Waals surface area contributed by atoms with Gasteiger partial charge < -0.3 is 10.2 Å². The fourth-order valence-electron chi connectivity index (χ4n) is 1.23. The lowest BCUT2D eigenvalue weighted by Gasteiger charge is -2.12. The number of rotatable bonds is 4. The van der Waals surface area contributed by atoms with Crippen LogP contribution in [0, 0.1) is 5.82 Å². The van der Waals surface area contributed by atoms with Crippen molar-refractivity contribution in [2.24, 2.45) is 0 Å². The molecule has 0 bridgehead atoms. The molecule has 1 unspecified atom stereocenters. The van der Waals surface area contributed by atoms with Gasteiger partial charge >= 0.3 is 5.97 Å². The average molecular weight is 233 g/mol. The zero-order chi connectivity index (χ0) is 11.4. The van der Waals surface area contributed by atoms with Crippen molar-refractivity contribution in [3.05, 3.63) is 34.6 Å². The van der Waals surface area contributed by atoms with Crippen molar-refractivity contribution in [1.29, 1.82) is 0 Å². The number of aliphatic hydroxyl groups excluding tert-OH is 1. The van der Waals surface area contributed by atoms with Gasteiger partial charge in [-0.1, -0.05) is 17.7 Å². The Morgan fingerprint density at radius 1 is 1.53 bits per heavy atom. The van der Waals surface area contributed by atoms with Gasteiger partial charge in [-0.15, -0.1) is 0 Å². The van der Waals surface area contributed by atoms with Gasteiger partial charge in [0, 0.05) is 17.0 Å². The van der Waals surface area contributed by atoms with Crippen molar-refractivity contribution in [2.45, 2.75) is 18.9 Å². The summed E-state index contributed by atoms with van der Waals surface area (Å²) in [4.78, 5) is 10.3. The van der Waals surface area contributed by atoms with Gasteiger partial charge in [-0.2, -0.15) is 0 Å². The smallest absolute Gasteiger partial charge is 0.303 e. The van der Waals surface area contributed by atoms with Crippen LogP contribution in [0.5, 0.6) is 0 Å². The fourth-order valence-corrected chi connectivity index (χ4v) is 1.52. The molecule has 0 spiro atoms. The van der Waals surface area contributed by atoms with Crippen LogP contribution in [0.15, 0.2) is 18.2 Å². The van der Waals surface area contributed by atoms with E-state index in [9.17, 15) is 14.3 Å². The number of aliphatic hydroxyl groups is 1. The van der Waals surface area contributed by atoms with Crippen molar-refractivity contribution in [1.82, 2.24) is 0 Å². The first kappa shape index (κ1) is 11.9. The summed E-state index contributed by atoms with van der Waals surface area (Å²) in [7, 11) is 0. The van der Waals surface area contributed by atoms with Gasteiger partial charge in [-0.3, -0.25) is 4.79 Å². The van der Waals surface area contributed by atoms with Crippen molar-refractivity contribution in [2.75, 3.05) is 0 Å². The van der Waals surface area contributed by atoms with Gasteiger partial charge in [0.1, 0.15) is 5.82 Å². The van der Waals surface area contributed by atoms with E-state index in [2.05, 4.69) is 0 Å². The molecule has 1 rings (SSSR count). The number of halogens is 2. The first-order valence-corrected chi connectivity index (χ1v) is 4.74. The average Bonchev–Trinajstić information content (AvgIpc) is 2.14. The highest BCUT2D eigenvalue weighted by Crippen LogP contribution is 2.28. The van der Waals surface area contributed by atoms with Gasteiger partial charge in [-0.25, -0.2) is 4.39 Å². The Morgan fingerprint density at radius 2 is 2.20 bits per heavy atom. The largest absolute Gasteiger partial charge is 0.481 e. The number of aliphatic carboxylic acids is 1. The Labute approximate surface area is 91.1 Å². The molecule has 0 saturated carbocycles. The second-order valence-electron chi connectivity index (χ2n) is 3.08. The predicted molar refractivity (Wildman–Crippen MR) is 53.2 cm³/mol. The summed E-state index contributed by atoms with van der Waals surface area (Å²) in [5.74, 6) is -1.66. The monoisotopic (exact) mass is 232 g/mol. The van der Waals surface area contributed by atoms with E-state index < -0.39 is 17.9 Å². The maximum Gasteiger partial charge on any atom is 0.303 e. The van der Waals surface area contributed by atoms with E-state index >= 15 is 0 Å². The zero-order valence-corrected chi connectivity index (χ0v) is 8.54. The number of benzene rings is 1. The maximum absolute atomic E-state index is 13.2. The van der Waals surface area contributed by atoms with Crippen LogP contribution >= 0.6 is 11.6 Å². The molecule has 0 aliphatic carbocycles. The first-order valence-electron chi connectivity index (χ1n) is 4.36. The van der Waals surface area contributed by atoms with Crippen LogP contribution < -0.4 is 0 Å².